The smallest absolute Gasteiger partial charge is 0.207 e. The van der Waals surface area contributed by atoms with Gasteiger partial charge in [0.25, 0.3) is 0 Å². The molecule has 0 N–H and O–H groups in total. The predicted molar refractivity (Wildman–Crippen MR) is 85.5 cm³/mol. The lowest BCUT2D eigenvalue weighted by atomic mass is 10.2. The topological polar surface area (TPSA) is 37.4 Å². The van der Waals surface area contributed by atoms with Crippen LogP contribution < -0.4 is 0 Å². The minimum absolute atomic E-state index is 0.312. The van der Waals surface area contributed by atoms with Crippen LogP contribution in [-0.4, -0.2) is 25.8 Å². The van der Waals surface area contributed by atoms with Crippen LogP contribution in [0.3, 0.4) is 0 Å². The van der Waals surface area contributed by atoms with Crippen LogP contribution in [-0.2, 0) is 15.9 Å². The van der Waals surface area contributed by atoms with Crippen molar-refractivity contribution in [2.75, 3.05) is 13.1 Å². The van der Waals surface area contributed by atoms with E-state index in [2.05, 4.69) is 15.9 Å². The van der Waals surface area contributed by atoms with Crippen molar-refractivity contribution < 1.29 is 8.42 Å². The largest absolute Gasteiger partial charge is 0.244 e. The zero-order chi connectivity index (χ0) is 14.8. The van der Waals surface area contributed by atoms with Crippen LogP contribution in [0, 0.1) is 5.92 Å². The molecule has 112 valence electrons. The molecule has 0 aromatic heterocycles. The molecule has 1 aromatic carbocycles. The molecule has 0 amide bonds. The van der Waals surface area contributed by atoms with E-state index < -0.39 is 10.0 Å². The van der Waals surface area contributed by atoms with Crippen LogP contribution >= 0.6 is 27.5 Å². The summed E-state index contributed by atoms with van der Waals surface area (Å²) in [6.07, 6.45) is 3.09. The van der Waals surface area contributed by atoms with Crippen molar-refractivity contribution in [3.05, 3.63) is 28.2 Å². The average molecular weight is 381 g/mol. The molecule has 0 radical (unpaired) electrons. The van der Waals surface area contributed by atoms with Gasteiger partial charge in [-0.1, -0.05) is 13.0 Å². The zero-order valence-electron chi connectivity index (χ0n) is 11.5. The van der Waals surface area contributed by atoms with Crippen LogP contribution in [0.4, 0.5) is 0 Å². The van der Waals surface area contributed by atoms with E-state index in [1.54, 1.807) is 16.4 Å². The second-order valence-corrected chi connectivity index (χ2v) is 8.23. The van der Waals surface area contributed by atoms with Crippen molar-refractivity contribution in [1.82, 2.24) is 4.31 Å². The van der Waals surface area contributed by atoms with Crippen molar-refractivity contribution in [2.45, 2.75) is 37.0 Å². The lowest BCUT2D eigenvalue weighted by Crippen LogP contribution is -2.34. The first-order valence-corrected chi connectivity index (χ1v) is 9.60. The molecule has 0 spiro atoms. The van der Waals surface area contributed by atoms with Gasteiger partial charge in [0.1, 0.15) is 0 Å². The molecule has 3 nitrogen and oxygen atoms in total. The Morgan fingerprint density at radius 2 is 2.10 bits per heavy atom. The summed E-state index contributed by atoms with van der Waals surface area (Å²) in [7, 11) is -3.45. The predicted octanol–water partition coefficient (Wildman–Crippen LogP) is 4.00. The summed E-state index contributed by atoms with van der Waals surface area (Å²) >= 11 is 9.16. The lowest BCUT2D eigenvalue weighted by Gasteiger charge is -2.22. The Labute approximate surface area is 134 Å². The minimum Gasteiger partial charge on any atom is -0.207 e. The standard InChI is InChI=1S/C14H19BrClNO2S/c1-2-7-17(10-11-3-4-11)20(18,19)14-8-12(9-16)5-6-13(14)15/h5-6,8,11H,2-4,7,9-10H2,1H3. The number of benzene rings is 1. The van der Waals surface area contributed by atoms with Gasteiger partial charge in [0.15, 0.2) is 0 Å². The second-order valence-electron chi connectivity index (χ2n) is 5.20. The molecule has 0 saturated heterocycles. The third-order valence-corrected chi connectivity index (χ3v) is 6.57. The monoisotopic (exact) mass is 379 g/mol. The van der Waals surface area contributed by atoms with Gasteiger partial charge < -0.3 is 0 Å². The number of hydrogen-bond acceptors (Lipinski definition) is 2. The fraction of sp³-hybridized carbons (Fsp3) is 0.571. The Morgan fingerprint density at radius 1 is 1.40 bits per heavy atom. The average Bonchev–Trinajstić information content (AvgIpc) is 3.22. The maximum atomic E-state index is 12.8. The molecule has 1 aromatic rings. The number of halogens is 2. The van der Waals surface area contributed by atoms with Gasteiger partial charge in [-0.25, -0.2) is 8.42 Å². The fourth-order valence-electron chi connectivity index (χ4n) is 2.12. The molecule has 1 aliphatic rings. The van der Waals surface area contributed by atoms with E-state index in [0.717, 1.165) is 24.8 Å². The lowest BCUT2D eigenvalue weighted by molar-refractivity contribution is 0.395. The highest BCUT2D eigenvalue weighted by atomic mass is 79.9. The third kappa shape index (κ3) is 3.75. The first-order chi connectivity index (χ1) is 9.48. The third-order valence-electron chi connectivity index (χ3n) is 3.40. The molecule has 6 heteroatoms. The molecule has 0 atom stereocenters. The van der Waals surface area contributed by atoms with Gasteiger partial charge >= 0.3 is 0 Å². The van der Waals surface area contributed by atoms with Crippen LogP contribution in [0.2, 0.25) is 0 Å². The quantitative estimate of drug-likeness (QED) is 0.671. The Hall–Kier alpha value is -0.100. The summed E-state index contributed by atoms with van der Waals surface area (Å²) in [5.41, 5.74) is 0.816. The highest BCUT2D eigenvalue weighted by Gasteiger charge is 2.32. The molecule has 0 aliphatic heterocycles. The number of alkyl halides is 1. The summed E-state index contributed by atoms with van der Waals surface area (Å²) in [5.74, 6) is 0.845. The Bertz CT molecular complexity index is 573. The van der Waals surface area contributed by atoms with Gasteiger partial charge in [0, 0.05) is 23.4 Å². The molecular formula is C14H19BrClNO2S. The van der Waals surface area contributed by atoms with Crippen molar-refractivity contribution in [3.8, 4) is 0 Å². The maximum Gasteiger partial charge on any atom is 0.244 e. The van der Waals surface area contributed by atoms with E-state index in [1.165, 1.54) is 0 Å². The van der Waals surface area contributed by atoms with Gasteiger partial charge in [-0.15, -0.1) is 11.6 Å². The van der Waals surface area contributed by atoms with Gasteiger partial charge in [-0.3, -0.25) is 0 Å². The van der Waals surface area contributed by atoms with E-state index in [4.69, 9.17) is 11.6 Å². The second kappa shape index (κ2) is 6.77. The normalized spacial score (nSPS) is 15.8. The fourth-order valence-corrected chi connectivity index (χ4v) is 4.86. The summed E-state index contributed by atoms with van der Waals surface area (Å²) in [4.78, 5) is 0.324. The van der Waals surface area contributed by atoms with E-state index in [0.29, 0.717) is 34.3 Å². The van der Waals surface area contributed by atoms with Crippen LogP contribution in [0.15, 0.2) is 27.6 Å². The molecule has 1 fully saturated rings. The van der Waals surface area contributed by atoms with Gasteiger partial charge in [-0.05, 0) is 58.8 Å². The summed E-state index contributed by atoms with van der Waals surface area (Å²) in [6, 6.07) is 5.26. The van der Waals surface area contributed by atoms with Crippen molar-refractivity contribution >= 4 is 37.6 Å². The molecule has 1 aliphatic carbocycles. The molecule has 0 heterocycles. The SMILES string of the molecule is CCCN(CC1CC1)S(=O)(=O)c1cc(CCl)ccc1Br. The molecule has 20 heavy (non-hydrogen) atoms. The first-order valence-electron chi connectivity index (χ1n) is 6.83. The van der Waals surface area contributed by atoms with Crippen LogP contribution in [0.5, 0.6) is 0 Å². The Balaban J connectivity index is 2.35. The van der Waals surface area contributed by atoms with Crippen molar-refractivity contribution in [3.63, 3.8) is 0 Å². The number of hydrogen-bond donors (Lipinski definition) is 0. The minimum atomic E-state index is -3.45. The Kier molecular flexibility index (Phi) is 5.51. The van der Waals surface area contributed by atoms with Crippen molar-refractivity contribution in [2.24, 2.45) is 5.92 Å². The molecule has 2 rings (SSSR count). The van der Waals surface area contributed by atoms with E-state index >= 15 is 0 Å². The molecular weight excluding hydrogens is 362 g/mol. The Morgan fingerprint density at radius 3 is 2.65 bits per heavy atom. The maximum absolute atomic E-state index is 12.8. The number of sulfonamides is 1. The van der Waals surface area contributed by atoms with Crippen molar-refractivity contribution in [1.29, 1.82) is 0 Å². The number of rotatable bonds is 7. The zero-order valence-corrected chi connectivity index (χ0v) is 14.6. The van der Waals surface area contributed by atoms with Gasteiger partial charge in [0.2, 0.25) is 10.0 Å². The summed E-state index contributed by atoms with van der Waals surface area (Å²) in [5, 5.41) is 0. The van der Waals surface area contributed by atoms with E-state index in [-0.39, 0.29) is 0 Å². The first kappa shape index (κ1) is 16.3. The van der Waals surface area contributed by atoms with E-state index in [1.807, 2.05) is 13.0 Å². The molecule has 1 saturated carbocycles. The van der Waals surface area contributed by atoms with Crippen LogP contribution in [0.25, 0.3) is 0 Å². The highest BCUT2D eigenvalue weighted by Crippen LogP contribution is 2.33. The molecule has 0 bridgehead atoms. The summed E-state index contributed by atoms with van der Waals surface area (Å²) in [6.45, 7) is 3.20. The van der Waals surface area contributed by atoms with Crippen LogP contribution in [0.1, 0.15) is 31.7 Å². The number of nitrogens with zero attached hydrogens (tertiary/aromatic N) is 1. The highest BCUT2D eigenvalue weighted by molar-refractivity contribution is 9.10. The summed E-state index contributed by atoms with van der Waals surface area (Å²) < 4.78 is 27.9. The van der Waals surface area contributed by atoms with E-state index in [9.17, 15) is 8.42 Å². The van der Waals surface area contributed by atoms with Gasteiger partial charge in [-0.2, -0.15) is 4.31 Å². The molecule has 0 unspecified atom stereocenters. The van der Waals surface area contributed by atoms with Gasteiger partial charge in [0.05, 0.1) is 4.90 Å².